The third-order valence-corrected chi connectivity index (χ3v) is 4.65. The van der Waals surface area contributed by atoms with Crippen molar-refractivity contribution in [2.45, 2.75) is 24.9 Å². The summed E-state index contributed by atoms with van der Waals surface area (Å²) in [5, 5.41) is 4.97. The average molecular weight is 354 g/mol. The van der Waals surface area contributed by atoms with E-state index in [0.717, 1.165) is 24.1 Å². The van der Waals surface area contributed by atoms with E-state index in [1.165, 1.54) is 0 Å². The highest BCUT2D eigenvalue weighted by Crippen LogP contribution is 2.49. The fraction of sp³-hybridized carbons (Fsp3) is 0.211. The molecule has 1 fully saturated rings. The molecule has 3 aromatic rings. The second kappa shape index (κ2) is 6.33. The molecule has 1 saturated carbocycles. The zero-order valence-electron chi connectivity index (χ0n) is 13.4. The SMILES string of the molecule is O=C(OCc1ncn(-c2ccccc2)n1)C1(c2cccc(Cl)c2)CC1. The second-order valence-electron chi connectivity index (χ2n) is 6.11. The topological polar surface area (TPSA) is 57.0 Å². The summed E-state index contributed by atoms with van der Waals surface area (Å²) in [4.78, 5) is 16.8. The van der Waals surface area contributed by atoms with Gasteiger partial charge in [0.2, 0.25) is 0 Å². The van der Waals surface area contributed by atoms with E-state index in [1.54, 1.807) is 17.1 Å². The van der Waals surface area contributed by atoms with E-state index in [1.807, 2.05) is 48.5 Å². The lowest BCUT2D eigenvalue weighted by Crippen LogP contribution is -2.23. The molecule has 6 heteroatoms. The van der Waals surface area contributed by atoms with E-state index < -0.39 is 5.41 Å². The minimum absolute atomic E-state index is 0.0565. The van der Waals surface area contributed by atoms with Crippen molar-refractivity contribution in [1.29, 1.82) is 0 Å². The normalized spacial score (nSPS) is 14.9. The molecule has 0 amide bonds. The predicted molar refractivity (Wildman–Crippen MR) is 93.5 cm³/mol. The monoisotopic (exact) mass is 353 g/mol. The van der Waals surface area contributed by atoms with Crippen LogP contribution in [0.1, 0.15) is 24.2 Å². The molecular weight excluding hydrogens is 338 g/mol. The van der Waals surface area contributed by atoms with Crippen LogP contribution >= 0.6 is 11.6 Å². The van der Waals surface area contributed by atoms with Gasteiger partial charge in [0.15, 0.2) is 12.4 Å². The van der Waals surface area contributed by atoms with E-state index >= 15 is 0 Å². The lowest BCUT2D eigenvalue weighted by atomic mass is 9.96. The van der Waals surface area contributed by atoms with Crippen LogP contribution < -0.4 is 0 Å². The first kappa shape index (κ1) is 15.8. The summed E-state index contributed by atoms with van der Waals surface area (Å²) in [7, 11) is 0. The first-order chi connectivity index (χ1) is 12.2. The van der Waals surface area contributed by atoms with Crippen molar-refractivity contribution in [3.05, 3.63) is 77.3 Å². The van der Waals surface area contributed by atoms with Gasteiger partial charge in [0.25, 0.3) is 0 Å². The van der Waals surface area contributed by atoms with Crippen LogP contribution in [-0.2, 0) is 21.6 Å². The molecule has 5 nitrogen and oxygen atoms in total. The summed E-state index contributed by atoms with van der Waals surface area (Å²) in [5.74, 6) is 0.227. The standard InChI is InChI=1S/C19H16ClN3O2/c20-15-6-4-5-14(11-15)19(9-10-19)18(24)25-12-17-21-13-23(22-17)16-7-2-1-3-8-16/h1-8,11,13H,9-10,12H2. The summed E-state index contributed by atoms with van der Waals surface area (Å²) >= 11 is 6.04. The van der Waals surface area contributed by atoms with Gasteiger partial charge in [0.1, 0.15) is 6.33 Å². The number of nitrogens with zero attached hydrogens (tertiary/aromatic N) is 3. The van der Waals surface area contributed by atoms with Crippen LogP contribution in [0.3, 0.4) is 0 Å². The number of carbonyl (C=O) groups excluding carboxylic acids is 1. The number of hydrogen-bond acceptors (Lipinski definition) is 4. The number of rotatable bonds is 5. The lowest BCUT2D eigenvalue weighted by molar-refractivity contribution is -0.148. The maximum Gasteiger partial charge on any atom is 0.317 e. The van der Waals surface area contributed by atoms with Gasteiger partial charge in [0, 0.05) is 5.02 Å². The molecule has 0 aliphatic heterocycles. The molecule has 4 rings (SSSR count). The Morgan fingerprint density at radius 2 is 1.96 bits per heavy atom. The molecular formula is C19H16ClN3O2. The first-order valence-corrected chi connectivity index (χ1v) is 8.44. The Bertz CT molecular complexity index is 904. The van der Waals surface area contributed by atoms with Gasteiger partial charge in [-0.2, -0.15) is 0 Å². The van der Waals surface area contributed by atoms with Crippen LogP contribution in [0.25, 0.3) is 5.69 Å². The van der Waals surface area contributed by atoms with Crippen molar-refractivity contribution in [2.24, 2.45) is 0 Å². The number of aromatic nitrogens is 3. The van der Waals surface area contributed by atoms with E-state index in [0.29, 0.717) is 10.8 Å². The Kier molecular flexibility index (Phi) is 4.01. The molecule has 0 radical (unpaired) electrons. The van der Waals surface area contributed by atoms with Crippen LogP contribution in [0.5, 0.6) is 0 Å². The van der Waals surface area contributed by atoms with Gasteiger partial charge in [-0.1, -0.05) is 41.9 Å². The quantitative estimate of drug-likeness (QED) is 0.656. The molecule has 126 valence electrons. The molecule has 2 aromatic carbocycles. The largest absolute Gasteiger partial charge is 0.457 e. The highest BCUT2D eigenvalue weighted by atomic mass is 35.5. The van der Waals surface area contributed by atoms with Crippen LogP contribution in [0.2, 0.25) is 5.02 Å². The molecule has 0 unspecified atom stereocenters. The molecule has 1 aromatic heterocycles. The van der Waals surface area contributed by atoms with Gasteiger partial charge in [-0.3, -0.25) is 4.79 Å². The molecule has 0 spiro atoms. The molecule has 1 aliphatic carbocycles. The van der Waals surface area contributed by atoms with Crippen LogP contribution in [0, 0.1) is 0 Å². The van der Waals surface area contributed by atoms with Gasteiger partial charge >= 0.3 is 5.97 Å². The summed E-state index contributed by atoms with van der Waals surface area (Å²) in [6, 6.07) is 17.1. The molecule has 0 bridgehead atoms. The number of benzene rings is 2. The molecule has 0 N–H and O–H groups in total. The summed E-state index contributed by atoms with van der Waals surface area (Å²) in [6.45, 7) is 0.0565. The zero-order valence-corrected chi connectivity index (χ0v) is 14.2. The van der Waals surface area contributed by atoms with E-state index in [-0.39, 0.29) is 12.6 Å². The van der Waals surface area contributed by atoms with Crippen molar-refractivity contribution < 1.29 is 9.53 Å². The minimum atomic E-state index is -0.563. The third kappa shape index (κ3) is 3.15. The summed E-state index contributed by atoms with van der Waals surface area (Å²) < 4.78 is 7.14. The van der Waals surface area contributed by atoms with Crippen molar-refractivity contribution >= 4 is 17.6 Å². The van der Waals surface area contributed by atoms with Gasteiger partial charge in [-0.05, 0) is 42.7 Å². The Morgan fingerprint density at radius 1 is 1.16 bits per heavy atom. The molecule has 0 atom stereocenters. The highest BCUT2D eigenvalue weighted by Gasteiger charge is 2.52. The second-order valence-corrected chi connectivity index (χ2v) is 6.55. The smallest absolute Gasteiger partial charge is 0.317 e. The number of halogens is 1. The number of para-hydroxylation sites is 1. The van der Waals surface area contributed by atoms with E-state index in [4.69, 9.17) is 16.3 Å². The van der Waals surface area contributed by atoms with E-state index in [9.17, 15) is 4.79 Å². The van der Waals surface area contributed by atoms with Crippen molar-refractivity contribution in [1.82, 2.24) is 14.8 Å². The Balaban J connectivity index is 1.44. The number of carbonyl (C=O) groups is 1. The van der Waals surface area contributed by atoms with Gasteiger partial charge in [-0.25, -0.2) is 9.67 Å². The Labute approximate surface area is 150 Å². The third-order valence-electron chi connectivity index (χ3n) is 4.41. The fourth-order valence-corrected chi connectivity index (χ4v) is 3.05. The number of ether oxygens (including phenoxy) is 1. The highest BCUT2D eigenvalue weighted by molar-refractivity contribution is 6.30. The van der Waals surface area contributed by atoms with Crippen LogP contribution in [-0.4, -0.2) is 20.7 Å². The average Bonchev–Trinajstić information content (AvgIpc) is 3.32. The molecule has 1 aliphatic rings. The van der Waals surface area contributed by atoms with Crippen molar-refractivity contribution in [3.8, 4) is 5.69 Å². The summed E-state index contributed by atoms with van der Waals surface area (Å²) in [6.07, 6.45) is 3.17. The first-order valence-electron chi connectivity index (χ1n) is 8.07. The number of esters is 1. The minimum Gasteiger partial charge on any atom is -0.457 e. The zero-order chi connectivity index (χ0) is 17.3. The number of hydrogen-bond donors (Lipinski definition) is 0. The van der Waals surface area contributed by atoms with E-state index in [2.05, 4.69) is 10.1 Å². The fourth-order valence-electron chi connectivity index (χ4n) is 2.86. The molecule has 0 saturated heterocycles. The Hall–Kier alpha value is -2.66. The summed E-state index contributed by atoms with van der Waals surface area (Å²) in [5.41, 5.74) is 1.25. The maximum atomic E-state index is 12.6. The van der Waals surface area contributed by atoms with Crippen LogP contribution in [0.15, 0.2) is 60.9 Å². The Morgan fingerprint density at radius 3 is 2.68 bits per heavy atom. The van der Waals surface area contributed by atoms with Crippen LogP contribution in [0.4, 0.5) is 0 Å². The van der Waals surface area contributed by atoms with Gasteiger partial charge < -0.3 is 4.74 Å². The van der Waals surface area contributed by atoms with Gasteiger partial charge in [0.05, 0.1) is 11.1 Å². The van der Waals surface area contributed by atoms with Gasteiger partial charge in [-0.15, -0.1) is 5.10 Å². The van der Waals surface area contributed by atoms with Crippen molar-refractivity contribution in [3.63, 3.8) is 0 Å². The maximum absolute atomic E-state index is 12.6. The molecule has 25 heavy (non-hydrogen) atoms. The predicted octanol–water partition coefficient (Wildman–Crippen LogP) is 3.70. The van der Waals surface area contributed by atoms with Crippen molar-refractivity contribution in [2.75, 3.05) is 0 Å². The molecule has 1 heterocycles. The lowest BCUT2D eigenvalue weighted by Gasteiger charge is -2.14.